The highest BCUT2D eigenvalue weighted by Gasteiger charge is 2.33. The number of nitrogens with one attached hydrogen (secondary N) is 1. The molecule has 124 valence electrons. The van der Waals surface area contributed by atoms with Crippen LogP contribution in [0.3, 0.4) is 0 Å². The second-order valence-corrected chi connectivity index (χ2v) is 4.60. The maximum absolute atomic E-state index is 12.7. The molecule has 9 nitrogen and oxygen atoms in total. The minimum atomic E-state index is -4.74. The summed E-state index contributed by atoms with van der Waals surface area (Å²) in [5.74, 6) is 0. The van der Waals surface area contributed by atoms with Crippen molar-refractivity contribution < 1.29 is 18.1 Å². The molecule has 0 bridgehead atoms. The van der Waals surface area contributed by atoms with Gasteiger partial charge in [0.1, 0.15) is 18.3 Å². The molecule has 0 radical (unpaired) electrons. The first-order valence-corrected chi connectivity index (χ1v) is 6.30. The number of H-pyrrole nitrogens is 1. The minimum absolute atomic E-state index is 0.00157. The fourth-order valence-electron chi connectivity index (χ4n) is 2.07. The highest BCUT2D eigenvalue weighted by atomic mass is 19.4. The molecular formula is C12H7F3N6O3. The first kappa shape index (κ1) is 15.5. The van der Waals surface area contributed by atoms with Gasteiger partial charge in [-0.2, -0.15) is 18.3 Å². The van der Waals surface area contributed by atoms with Crippen LogP contribution in [-0.4, -0.2) is 29.5 Å². The van der Waals surface area contributed by atoms with Crippen LogP contribution >= 0.6 is 0 Å². The summed E-state index contributed by atoms with van der Waals surface area (Å²) in [5.41, 5.74) is -3.11. The first-order chi connectivity index (χ1) is 11.3. The SMILES string of the molecule is O=c1c(-n2cncn2)c[nH]n1-c1ccc(C(F)(F)F)cc1[N+](=O)[O-]. The Bertz CT molecular complexity index is 957. The number of nitro benzene ring substituents is 1. The topological polar surface area (TPSA) is 112 Å². The van der Waals surface area contributed by atoms with Crippen molar-refractivity contribution in [3.8, 4) is 11.4 Å². The summed E-state index contributed by atoms with van der Waals surface area (Å²) in [5, 5.41) is 17.3. The van der Waals surface area contributed by atoms with Gasteiger partial charge in [0.05, 0.1) is 16.7 Å². The van der Waals surface area contributed by atoms with Gasteiger partial charge in [0.25, 0.3) is 11.2 Å². The fourth-order valence-corrected chi connectivity index (χ4v) is 2.07. The predicted octanol–water partition coefficient (Wildman–Crippen LogP) is 1.67. The van der Waals surface area contributed by atoms with Crippen molar-refractivity contribution in [2.24, 2.45) is 0 Å². The highest BCUT2D eigenvalue weighted by molar-refractivity contribution is 5.54. The third-order valence-electron chi connectivity index (χ3n) is 3.16. The monoisotopic (exact) mass is 340 g/mol. The van der Waals surface area contributed by atoms with Crippen molar-refractivity contribution in [3.05, 3.63) is 63.1 Å². The molecule has 0 aliphatic carbocycles. The molecule has 0 saturated heterocycles. The summed E-state index contributed by atoms with van der Waals surface area (Å²) in [6.07, 6.45) is -1.12. The number of benzene rings is 1. The highest BCUT2D eigenvalue weighted by Crippen LogP contribution is 2.33. The molecule has 0 aliphatic rings. The number of alkyl halides is 3. The van der Waals surface area contributed by atoms with Gasteiger partial charge in [-0.05, 0) is 12.1 Å². The standard InChI is InChI=1S/C12H7F3N6O3/c13-12(14,15)7-1-2-8(9(3-7)21(23)24)20-11(22)10(4-17-20)19-6-16-5-18-19/h1-6,17H. The number of halogens is 3. The van der Waals surface area contributed by atoms with E-state index in [1.54, 1.807) is 0 Å². The molecule has 12 heteroatoms. The van der Waals surface area contributed by atoms with Crippen LogP contribution in [0.2, 0.25) is 0 Å². The molecule has 0 spiro atoms. The zero-order chi connectivity index (χ0) is 17.5. The van der Waals surface area contributed by atoms with Gasteiger partial charge in [0.2, 0.25) is 0 Å². The summed E-state index contributed by atoms with van der Waals surface area (Å²) >= 11 is 0. The average Bonchev–Trinajstić information content (AvgIpc) is 3.14. The van der Waals surface area contributed by atoms with E-state index in [1.165, 1.54) is 18.9 Å². The predicted molar refractivity (Wildman–Crippen MR) is 73.0 cm³/mol. The van der Waals surface area contributed by atoms with Crippen LogP contribution in [0.15, 0.2) is 41.8 Å². The lowest BCUT2D eigenvalue weighted by Gasteiger charge is -2.08. The Morgan fingerprint density at radius 3 is 2.58 bits per heavy atom. The number of rotatable bonds is 3. The fraction of sp³-hybridized carbons (Fsp3) is 0.0833. The van der Waals surface area contributed by atoms with Crippen LogP contribution < -0.4 is 5.56 Å². The normalized spacial score (nSPS) is 11.6. The van der Waals surface area contributed by atoms with E-state index in [4.69, 9.17) is 0 Å². The molecule has 0 saturated carbocycles. The third-order valence-corrected chi connectivity index (χ3v) is 3.16. The maximum Gasteiger partial charge on any atom is 0.416 e. The largest absolute Gasteiger partial charge is 0.416 e. The van der Waals surface area contributed by atoms with E-state index in [-0.39, 0.29) is 11.4 Å². The van der Waals surface area contributed by atoms with E-state index in [0.29, 0.717) is 12.1 Å². The van der Waals surface area contributed by atoms with Crippen LogP contribution in [0.5, 0.6) is 0 Å². The van der Waals surface area contributed by atoms with Crippen LogP contribution in [0.1, 0.15) is 5.56 Å². The van der Waals surface area contributed by atoms with Crippen LogP contribution in [0.25, 0.3) is 11.4 Å². The van der Waals surface area contributed by atoms with Crippen LogP contribution in [0, 0.1) is 10.1 Å². The van der Waals surface area contributed by atoms with Gasteiger partial charge >= 0.3 is 6.18 Å². The summed E-state index contributed by atoms with van der Waals surface area (Å²) in [4.78, 5) is 26.1. The van der Waals surface area contributed by atoms with Crippen molar-refractivity contribution >= 4 is 5.69 Å². The Balaban J connectivity index is 2.17. The molecule has 0 fully saturated rings. The molecule has 0 amide bonds. The van der Waals surface area contributed by atoms with Crippen molar-refractivity contribution in [3.63, 3.8) is 0 Å². The quantitative estimate of drug-likeness (QED) is 0.576. The summed E-state index contributed by atoms with van der Waals surface area (Å²) in [6.45, 7) is 0. The van der Waals surface area contributed by atoms with E-state index < -0.39 is 27.9 Å². The molecule has 1 aromatic carbocycles. The summed E-state index contributed by atoms with van der Waals surface area (Å²) < 4.78 is 40.0. The Morgan fingerprint density at radius 2 is 2.00 bits per heavy atom. The van der Waals surface area contributed by atoms with Gasteiger partial charge in [-0.1, -0.05) is 0 Å². The molecule has 24 heavy (non-hydrogen) atoms. The Hall–Kier alpha value is -3.44. The Morgan fingerprint density at radius 1 is 1.25 bits per heavy atom. The average molecular weight is 340 g/mol. The van der Waals surface area contributed by atoms with Gasteiger partial charge in [-0.3, -0.25) is 20.0 Å². The smallest absolute Gasteiger partial charge is 0.296 e. The maximum atomic E-state index is 12.7. The van der Waals surface area contributed by atoms with E-state index in [0.717, 1.165) is 15.4 Å². The second-order valence-electron chi connectivity index (χ2n) is 4.60. The van der Waals surface area contributed by atoms with E-state index in [1.807, 2.05) is 0 Å². The summed E-state index contributed by atoms with van der Waals surface area (Å²) in [7, 11) is 0. The molecule has 2 heterocycles. The number of nitrogens with zero attached hydrogens (tertiary/aromatic N) is 5. The van der Waals surface area contributed by atoms with E-state index >= 15 is 0 Å². The lowest BCUT2D eigenvalue weighted by atomic mass is 10.1. The first-order valence-electron chi connectivity index (χ1n) is 6.30. The minimum Gasteiger partial charge on any atom is -0.296 e. The zero-order valence-electron chi connectivity index (χ0n) is 11.6. The van der Waals surface area contributed by atoms with Crippen molar-refractivity contribution in [1.82, 2.24) is 24.5 Å². The molecule has 3 aromatic rings. The molecule has 0 unspecified atom stereocenters. The van der Waals surface area contributed by atoms with Gasteiger partial charge in [-0.15, -0.1) is 0 Å². The molecular weight excluding hydrogens is 333 g/mol. The molecule has 1 N–H and O–H groups in total. The Kier molecular flexibility index (Phi) is 3.43. The summed E-state index contributed by atoms with van der Waals surface area (Å²) in [6, 6.07) is 1.88. The van der Waals surface area contributed by atoms with Crippen molar-refractivity contribution in [2.45, 2.75) is 6.18 Å². The van der Waals surface area contributed by atoms with Gasteiger partial charge in [0, 0.05) is 6.07 Å². The van der Waals surface area contributed by atoms with Crippen LogP contribution in [0.4, 0.5) is 18.9 Å². The Labute approximate surface area is 130 Å². The van der Waals surface area contributed by atoms with Crippen molar-refractivity contribution in [2.75, 3.05) is 0 Å². The van der Waals surface area contributed by atoms with E-state index in [2.05, 4.69) is 15.2 Å². The number of aromatic nitrogens is 5. The number of hydrogen-bond donors (Lipinski definition) is 1. The second kappa shape index (κ2) is 5.33. The lowest BCUT2D eigenvalue weighted by molar-refractivity contribution is -0.384. The molecule has 0 atom stereocenters. The zero-order valence-corrected chi connectivity index (χ0v) is 11.6. The van der Waals surface area contributed by atoms with Gasteiger partial charge in [0.15, 0.2) is 5.69 Å². The van der Waals surface area contributed by atoms with Crippen molar-refractivity contribution in [1.29, 1.82) is 0 Å². The lowest BCUT2D eigenvalue weighted by Crippen LogP contribution is -2.20. The van der Waals surface area contributed by atoms with Gasteiger partial charge in [-0.25, -0.2) is 14.3 Å². The molecule has 3 rings (SSSR count). The van der Waals surface area contributed by atoms with E-state index in [9.17, 15) is 28.1 Å². The van der Waals surface area contributed by atoms with Gasteiger partial charge < -0.3 is 0 Å². The van der Waals surface area contributed by atoms with Crippen LogP contribution in [-0.2, 0) is 6.18 Å². The number of hydrogen-bond acceptors (Lipinski definition) is 5. The molecule has 2 aromatic heterocycles. The number of nitro groups is 1. The number of aromatic amines is 1. The third kappa shape index (κ3) is 2.53. The molecule has 0 aliphatic heterocycles.